The van der Waals surface area contributed by atoms with Gasteiger partial charge in [-0.1, -0.05) is 25.1 Å². The maximum atomic E-state index is 12.0. The van der Waals surface area contributed by atoms with E-state index in [-0.39, 0.29) is 18.0 Å². The van der Waals surface area contributed by atoms with E-state index in [0.29, 0.717) is 5.92 Å². The fourth-order valence-electron chi connectivity index (χ4n) is 3.18. The topological polar surface area (TPSA) is 32.3 Å². The van der Waals surface area contributed by atoms with Crippen molar-refractivity contribution in [2.45, 2.75) is 32.9 Å². The van der Waals surface area contributed by atoms with E-state index in [2.05, 4.69) is 42.1 Å². The largest absolute Gasteiger partial charge is 0.377 e. The van der Waals surface area contributed by atoms with Crippen molar-refractivity contribution in [3.8, 4) is 0 Å². The van der Waals surface area contributed by atoms with Crippen molar-refractivity contribution >= 4 is 28.6 Å². The number of carbonyl (C=O) groups excluding carboxylic acids is 1. The quantitative estimate of drug-likeness (QED) is 0.897. The molecule has 21 heavy (non-hydrogen) atoms. The van der Waals surface area contributed by atoms with Crippen LogP contribution in [0.5, 0.6) is 0 Å². The fraction of sp³-hybridized carbons (Fsp3) is 0.353. The lowest BCUT2D eigenvalue weighted by Gasteiger charge is -2.44. The van der Waals surface area contributed by atoms with Crippen molar-refractivity contribution in [3.05, 3.63) is 46.7 Å². The van der Waals surface area contributed by atoms with Crippen LogP contribution in [0.1, 0.15) is 32.4 Å². The van der Waals surface area contributed by atoms with E-state index >= 15 is 0 Å². The molecule has 3 nitrogen and oxygen atoms in total. The Hall–Kier alpha value is -1.81. The van der Waals surface area contributed by atoms with Crippen LogP contribution >= 0.6 is 11.3 Å². The molecule has 3 rings (SSSR count). The standard InChI is InChI=1S/C17H20N2OS/c1-11-12(2)19(13(3)20)16-7-5-4-6-15(16)17(11)18-14-8-9-21-10-14/h4-12,17-18H,1-3H3/t11-,12-,17+/m0/s1. The highest BCUT2D eigenvalue weighted by Gasteiger charge is 2.37. The molecule has 1 amide bonds. The van der Waals surface area contributed by atoms with Gasteiger partial charge in [0.25, 0.3) is 0 Å². The number of para-hydroxylation sites is 1. The third-order valence-electron chi connectivity index (χ3n) is 4.41. The summed E-state index contributed by atoms with van der Waals surface area (Å²) >= 11 is 1.69. The number of hydrogen-bond acceptors (Lipinski definition) is 3. The zero-order valence-electron chi connectivity index (χ0n) is 12.5. The van der Waals surface area contributed by atoms with Gasteiger partial charge in [0.1, 0.15) is 0 Å². The zero-order chi connectivity index (χ0) is 15.0. The molecule has 0 saturated heterocycles. The number of anilines is 2. The average Bonchev–Trinajstić information content (AvgIpc) is 2.96. The molecule has 2 heterocycles. The summed E-state index contributed by atoms with van der Waals surface area (Å²) in [5, 5.41) is 7.83. The van der Waals surface area contributed by atoms with Crippen molar-refractivity contribution in [2.24, 2.45) is 5.92 Å². The van der Waals surface area contributed by atoms with Crippen molar-refractivity contribution in [2.75, 3.05) is 10.2 Å². The molecule has 1 N–H and O–H groups in total. The Balaban J connectivity index is 2.04. The summed E-state index contributed by atoms with van der Waals surface area (Å²) in [6.45, 7) is 5.98. The zero-order valence-corrected chi connectivity index (χ0v) is 13.4. The van der Waals surface area contributed by atoms with Gasteiger partial charge in [0.2, 0.25) is 5.91 Å². The van der Waals surface area contributed by atoms with Gasteiger partial charge in [-0.25, -0.2) is 0 Å². The second kappa shape index (κ2) is 5.53. The molecule has 1 aromatic carbocycles. The normalized spacial score (nSPS) is 24.5. The molecule has 0 spiro atoms. The summed E-state index contributed by atoms with van der Waals surface area (Å²) in [6, 6.07) is 10.7. The molecule has 0 bridgehead atoms. The summed E-state index contributed by atoms with van der Waals surface area (Å²) in [5.74, 6) is 0.444. The van der Waals surface area contributed by atoms with Crippen molar-refractivity contribution in [1.29, 1.82) is 0 Å². The van der Waals surface area contributed by atoms with Gasteiger partial charge < -0.3 is 10.2 Å². The number of nitrogens with zero attached hydrogens (tertiary/aromatic N) is 1. The van der Waals surface area contributed by atoms with Gasteiger partial charge >= 0.3 is 0 Å². The number of benzene rings is 1. The monoisotopic (exact) mass is 300 g/mol. The molecule has 3 atom stereocenters. The Labute approximate surface area is 129 Å². The maximum absolute atomic E-state index is 12.0. The maximum Gasteiger partial charge on any atom is 0.224 e. The molecule has 0 aliphatic carbocycles. The minimum absolute atomic E-state index is 0.107. The predicted molar refractivity (Wildman–Crippen MR) is 88.9 cm³/mol. The van der Waals surface area contributed by atoms with Gasteiger partial charge in [0.05, 0.1) is 6.04 Å². The molecular weight excluding hydrogens is 280 g/mol. The molecule has 1 aliphatic heterocycles. The molecular formula is C17H20N2OS. The number of rotatable bonds is 2. The lowest BCUT2D eigenvalue weighted by Crippen LogP contribution is -2.48. The summed E-state index contributed by atoms with van der Waals surface area (Å²) in [6.07, 6.45) is 0. The third-order valence-corrected chi connectivity index (χ3v) is 5.09. The van der Waals surface area contributed by atoms with E-state index in [0.717, 1.165) is 11.4 Å². The Morgan fingerprint density at radius 1 is 1.24 bits per heavy atom. The number of amides is 1. The van der Waals surface area contributed by atoms with E-state index in [9.17, 15) is 4.79 Å². The lowest BCUT2D eigenvalue weighted by atomic mass is 9.82. The molecule has 0 saturated carbocycles. The third kappa shape index (κ3) is 2.44. The smallest absolute Gasteiger partial charge is 0.224 e. The Bertz CT molecular complexity index is 638. The average molecular weight is 300 g/mol. The minimum atomic E-state index is 0.107. The fourth-order valence-corrected chi connectivity index (χ4v) is 3.77. The van der Waals surface area contributed by atoms with Crippen molar-refractivity contribution < 1.29 is 4.79 Å². The predicted octanol–water partition coefficient (Wildman–Crippen LogP) is 4.29. The number of fused-ring (bicyclic) bond motifs is 1. The van der Waals surface area contributed by atoms with Crippen LogP contribution in [0.3, 0.4) is 0 Å². The molecule has 110 valence electrons. The molecule has 1 aliphatic rings. The van der Waals surface area contributed by atoms with Crippen LogP contribution < -0.4 is 10.2 Å². The van der Waals surface area contributed by atoms with Crippen LogP contribution in [0.4, 0.5) is 11.4 Å². The highest BCUT2D eigenvalue weighted by atomic mass is 32.1. The summed E-state index contributed by atoms with van der Waals surface area (Å²) in [7, 11) is 0. The first kappa shape index (κ1) is 14.1. The van der Waals surface area contributed by atoms with Crippen LogP contribution in [0.15, 0.2) is 41.1 Å². The number of thiophene rings is 1. The number of hydrogen-bond donors (Lipinski definition) is 1. The molecule has 4 heteroatoms. The van der Waals surface area contributed by atoms with Crippen LogP contribution in [0, 0.1) is 5.92 Å². The SMILES string of the molecule is CC(=O)N1c2ccccc2[C@H](Nc2ccsc2)[C@@H](C)[C@@H]1C. The highest BCUT2D eigenvalue weighted by molar-refractivity contribution is 7.08. The van der Waals surface area contributed by atoms with E-state index < -0.39 is 0 Å². The first-order chi connectivity index (χ1) is 10.1. The summed E-state index contributed by atoms with van der Waals surface area (Å²) < 4.78 is 0. The van der Waals surface area contributed by atoms with Gasteiger partial charge in [-0.2, -0.15) is 11.3 Å². The number of nitrogens with one attached hydrogen (secondary N) is 1. The minimum Gasteiger partial charge on any atom is -0.377 e. The van der Waals surface area contributed by atoms with E-state index in [1.165, 1.54) is 5.56 Å². The van der Waals surface area contributed by atoms with Crippen molar-refractivity contribution in [3.63, 3.8) is 0 Å². The van der Waals surface area contributed by atoms with Gasteiger partial charge in [-0.05, 0) is 30.0 Å². The molecule has 2 aromatic rings. The number of carbonyl (C=O) groups is 1. The van der Waals surface area contributed by atoms with Gasteiger partial charge in [-0.3, -0.25) is 4.79 Å². The molecule has 0 fully saturated rings. The Morgan fingerprint density at radius 3 is 2.67 bits per heavy atom. The summed E-state index contributed by atoms with van der Waals surface area (Å²) in [4.78, 5) is 14.0. The second-order valence-electron chi connectivity index (χ2n) is 5.68. The highest BCUT2D eigenvalue weighted by Crippen LogP contribution is 2.42. The second-order valence-corrected chi connectivity index (χ2v) is 6.46. The Morgan fingerprint density at radius 2 is 2.00 bits per heavy atom. The molecule has 0 unspecified atom stereocenters. The van der Waals surface area contributed by atoms with Crippen LogP contribution in [-0.2, 0) is 4.79 Å². The molecule has 1 aromatic heterocycles. The molecule has 0 radical (unpaired) electrons. The van der Waals surface area contributed by atoms with Crippen LogP contribution in [-0.4, -0.2) is 11.9 Å². The van der Waals surface area contributed by atoms with E-state index in [4.69, 9.17) is 0 Å². The van der Waals surface area contributed by atoms with Crippen LogP contribution in [0.2, 0.25) is 0 Å². The van der Waals surface area contributed by atoms with Crippen LogP contribution in [0.25, 0.3) is 0 Å². The first-order valence-electron chi connectivity index (χ1n) is 7.27. The van der Waals surface area contributed by atoms with Gasteiger partial charge in [0, 0.05) is 35.6 Å². The lowest BCUT2D eigenvalue weighted by molar-refractivity contribution is -0.117. The van der Waals surface area contributed by atoms with E-state index in [1.807, 2.05) is 23.1 Å². The van der Waals surface area contributed by atoms with E-state index in [1.54, 1.807) is 18.3 Å². The van der Waals surface area contributed by atoms with Crippen molar-refractivity contribution in [1.82, 2.24) is 0 Å². The van der Waals surface area contributed by atoms with Gasteiger partial charge in [0.15, 0.2) is 0 Å². The summed E-state index contributed by atoms with van der Waals surface area (Å²) in [5.41, 5.74) is 3.38. The Kier molecular flexibility index (Phi) is 3.72. The first-order valence-corrected chi connectivity index (χ1v) is 8.21. The van der Waals surface area contributed by atoms with Gasteiger partial charge in [-0.15, -0.1) is 0 Å².